The van der Waals surface area contributed by atoms with Crippen LogP contribution in [-0.4, -0.2) is 53.1 Å². The van der Waals surface area contributed by atoms with Crippen LogP contribution in [0.25, 0.3) is 0 Å². The van der Waals surface area contributed by atoms with Crippen molar-refractivity contribution in [3.63, 3.8) is 0 Å². The number of aromatic amines is 1. The summed E-state index contributed by atoms with van der Waals surface area (Å²) in [5.74, 6) is 0.931. The molecule has 1 saturated heterocycles. The summed E-state index contributed by atoms with van der Waals surface area (Å²) in [6.45, 7) is 3.90. The molecule has 0 aliphatic carbocycles. The van der Waals surface area contributed by atoms with Gasteiger partial charge in [-0.3, -0.25) is 9.88 Å². The van der Waals surface area contributed by atoms with Gasteiger partial charge in [-0.2, -0.15) is 0 Å². The van der Waals surface area contributed by atoms with Gasteiger partial charge in [0.15, 0.2) is 0 Å². The number of pyridine rings is 1. The van der Waals surface area contributed by atoms with Gasteiger partial charge in [0.2, 0.25) is 0 Å². The van der Waals surface area contributed by atoms with Crippen LogP contribution in [0.5, 0.6) is 5.75 Å². The van der Waals surface area contributed by atoms with Crippen LogP contribution in [0, 0.1) is 0 Å². The molecule has 0 spiro atoms. The maximum atomic E-state index is 6.14. The SMILES string of the molecule is CN(C)Cc1cc(OC2CCN(Cc3cc[nH]c3)C2)ccn1. The van der Waals surface area contributed by atoms with E-state index in [4.69, 9.17) is 4.74 Å². The molecule has 0 aromatic carbocycles. The molecule has 5 heteroatoms. The van der Waals surface area contributed by atoms with E-state index in [1.54, 1.807) is 0 Å². The van der Waals surface area contributed by atoms with Gasteiger partial charge in [-0.25, -0.2) is 0 Å². The molecule has 1 atom stereocenters. The first-order valence-corrected chi connectivity index (χ1v) is 7.79. The predicted octanol–water partition coefficient (Wildman–Crippen LogP) is 2.12. The lowest BCUT2D eigenvalue weighted by molar-refractivity contribution is 0.198. The van der Waals surface area contributed by atoms with Gasteiger partial charge in [0, 0.05) is 50.8 Å². The highest BCUT2D eigenvalue weighted by molar-refractivity contribution is 5.23. The normalized spacial score (nSPS) is 19.0. The molecule has 1 unspecified atom stereocenters. The second kappa shape index (κ2) is 6.94. The van der Waals surface area contributed by atoms with Crippen molar-refractivity contribution in [3.8, 4) is 5.75 Å². The second-order valence-corrected chi connectivity index (χ2v) is 6.20. The number of likely N-dealkylation sites (tertiary alicyclic amines) is 1. The number of H-pyrrole nitrogens is 1. The lowest BCUT2D eigenvalue weighted by Crippen LogP contribution is -2.24. The first-order chi connectivity index (χ1) is 10.7. The molecule has 1 aliphatic rings. The largest absolute Gasteiger partial charge is 0.489 e. The minimum atomic E-state index is 0.272. The van der Waals surface area contributed by atoms with E-state index >= 15 is 0 Å². The third kappa shape index (κ3) is 4.08. The van der Waals surface area contributed by atoms with Gasteiger partial charge < -0.3 is 14.6 Å². The first-order valence-electron chi connectivity index (χ1n) is 7.79. The van der Waals surface area contributed by atoms with Gasteiger partial charge in [-0.15, -0.1) is 0 Å². The summed E-state index contributed by atoms with van der Waals surface area (Å²) in [5, 5.41) is 0. The van der Waals surface area contributed by atoms with Crippen molar-refractivity contribution >= 4 is 0 Å². The average molecular weight is 300 g/mol. The highest BCUT2D eigenvalue weighted by Gasteiger charge is 2.24. The maximum absolute atomic E-state index is 6.14. The Kier molecular flexibility index (Phi) is 4.75. The third-order valence-electron chi connectivity index (χ3n) is 3.87. The van der Waals surface area contributed by atoms with Crippen LogP contribution in [0.3, 0.4) is 0 Å². The van der Waals surface area contributed by atoms with Crippen molar-refractivity contribution in [1.29, 1.82) is 0 Å². The fourth-order valence-electron chi connectivity index (χ4n) is 2.88. The average Bonchev–Trinajstić information content (AvgIpc) is 3.11. The summed E-state index contributed by atoms with van der Waals surface area (Å²) in [4.78, 5) is 12.0. The lowest BCUT2D eigenvalue weighted by Gasteiger charge is -2.17. The predicted molar refractivity (Wildman–Crippen MR) is 86.7 cm³/mol. The Labute approximate surface area is 131 Å². The monoisotopic (exact) mass is 300 g/mol. The Hall–Kier alpha value is -1.85. The van der Waals surface area contributed by atoms with Gasteiger partial charge in [0.25, 0.3) is 0 Å². The Morgan fingerprint density at radius 1 is 1.41 bits per heavy atom. The van der Waals surface area contributed by atoms with Crippen molar-refractivity contribution < 1.29 is 4.74 Å². The number of aromatic nitrogens is 2. The van der Waals surface area contributed by atoms with Crippen molar-refractivity contribution in [2.24, 2.45) is 0 Å². The molecular weight excluding hydrogens is 276 g/mol. The lowest BCUT2D eigenvalue weighted by atomic mass is 10.3. The Morgan fingerprint density at radius 3 is 3.09 bits per heavy atom. The van der Waals surface area contributed by atoms with E-state index in [1.807, 2.05) is 32.6 Å². The third-order valence-corrected chi connectivity index (χ3v) is 3.87. The summed E-state index contributed by atoms with van der Waals surface area (Å²) < 4.78 is 6.14. The molecule has 5 nitrogen and oxygen atoms in total. The molecule has 1 fully saturated rings. The summed E-state index contributed by atoms with van der Waals surface area (Å²) in [5.41, 5.74) is 2.38. The quantitative estimate of drug-likeness (QED) is 0.887. The number of hydrogen-bond donors (Lipinski definition) is 1. The summed E-state index contributed by atoms with van der Waals surface area (Å²) in [6.07, 6.45) is 7.22. The summed E-state index contributed by atoms with van der Waals surface area (Å²) in [7, 11) is 4.09. The van der Waals surface area contributed by atoms with Crippen molar-refractivity contribution in [2.75, 3.05) is 27.2 Å². The smallest absolute Gasteiger partial charge is 0.123 e. The van der Waals surface area contributed by atoms with E-state index in [1.165, 1.54) is 5.56 Å². The van der Waals surface area contributed by atoms with Gasteiger partial charge >= 0.3 is 0 Å². The fourth-order valence-corrected chi connectivity index (χ4v) is 2.88. The van der Waals surface area contributed by atoms with E-state index < -0.39 is 0 Å². The molecule has 0 saturated carbocycles. The Bertz CT molecular complexity index is 582. The van der Waals surface area contributed by atoms with E-state index in [0.717, 1.165) is 44.0 Å². The summed E-state index contributed by atoms with van der Waals surface area (Å²) in [6, 6.07) is 6.13. The highest BCUT2D eigenvalue weighted by Crippen LogP contribution is 2.20. The minimum Gasteiger partial charge on any atom is -0.489 e. The topological polar surface area (TPSA) is 44.4 Å². The van der Waals surface area contributed by atoms with Crippen molar-refractivity contribution in [2.45, 2.75) is 25.6 Å². The van der Waals surface area contributed by atoms with E-state index in [9.17, 15) is 0 Å². The number of ether oxygens (including phenoxy) is 1. The molecule has 1 aliphatic heterocycles. The zero-order valence-electron chi connectivity index (χ0n) is 13.3. The van der Waals surface area contributed by atoms with Crippen LogP contribution in [0.4, 0.5) is 0 Å². The number of nitrogens with one attached hydrogen (secondary N) is 1. The van der Waals surface area contributed by atoms with Gasteiger partial charge in [0.05, 0.1) is 5.69 Å². The molecule has 2 aromatic heterocycles. The molecule has 3 heterocycles. The minimum absolute atomic E-state index is 0.272. The molecule has 0 amide bonds. The Balaban J connectivity index is 1.53. The fraction of sp³-hybridized carbons (Fsp3) is 0.471. The van der Waals surface area contributed by atoms with Crippen LogP contribution in [0.15, 0.2) is 36.8 Å². The second-order valence-electron chi connectivity index (χ2n) is 6.20. The molecule has 1 N–H and O–H groups in total. The molecule has 118 valence electrons. The van der Waals surface area contributed by atoms with Crippen LogP contribution >= 0.6 is 0 Å². The standard InChI is InChI=1S/C17H24N4O/c1-20(2)12-15-9-16(4-7-19-15)22-17-5-8-21(13-17)11-14-3-6-18-10-14/h3-4,6-7,9-10,17-18H,5,8,11-13H2,1-2H3. The molecule has 0 radical (unpaired) electrons. The van der Waals surface area contributed by atoms with Crippen LogP contribution in [-0.2, 0) is 13.1 Å². The van der Waals surface area contributed by atoms with Gasteiger partial charge in [-0.1, -0.05) is 0 Å². The number of rotatable bonds is 6. The highest BCUT2D eigenvalue weighted by atomic mass is 16.5. The van der Waals surface area contributed by atoms with Gasteiger partial charge in [-0.05, 0) is 38.2 Å². The summed E-state index contributed by atoms with van der Waals surface area (Å²) >= 11 is 0. The Morgan fingerprint density at radius 2 is 2.32 bits per heavy atom. The van der Waals surface area contributed by atoms with Crippen LogP contribution < -0.4 is 4.74 Å². The molecule has 22 heavy (non-hydrogen) atoms. The van der Waals surface area contributed by atoms with Crippen molar-refractivity contribution in [1.82, 2.24) is 19.8 Å². The van der Waals surface area contributed by atoms with Crippen molar-refractivity contribution in [3.05, 3.63) is 48.0 Å². The van der Waals surface area contributed by atoms with Crippen LogP contribution in [0.2, 0.25) is 0 Å². The van der Waals surface area contributed by atoms with E-state index in [0.29, 0.717) is 0 Å². The molecule has 3 rings (SSSR count). The molecule has 2 aromatic rings. The molecule has 0 bridgehead atoms. The zero-order valence-corrected chi connectivity index (χ0v) is 13.3. The van der Waals surface area contributed by atoms with Gasteiger partial charge in [0.1, 0.15) is 11.9 Å². The van der Waals surface area contributed by atoms with E-state index in [-0.39, 0.29) is 6.10 Å². The number of hydrogen-bond acceptors (Lipinski definition) is 4. The number of nitrogens with zero attached hydrogens (tertiary/aromatic N) is 3. The first kappa shape index (κ1) is 15.1. The van der Waals surface area contributed by atoms with E-state index in [2.05, 4.69) is 38.1 Å². The molecular formula is C17H24N4O. The van der Waals surface area contributed by atoms with Crippen LogP contribution in [0.1, 0.15) is 17.7 Å². The zero-order chi connectivity index (χ0) is 15.4. The maximum Gasteiger partial charge on any atom is 0.123 e.